The SMILES string of the molecule is COC(=O)c1c(C)[nH]c(C(=O)N2CCN(CC3CCCO3)CC2)c1C. The first-order valence-corrected chi connectivity index (χ1v) is 8.92. The quantitative estimate of drug-likeness (QED) is 0.831. The number of ether oxygens (including phenoxy) is 2. The standard InChI is InChI=1S/C18H27N3O4/c1-12-15(18(23)24-3)13(2)19-16(12)17(22)21-8-6-20(7-9-21)11-14-5-4-10-25-14/h14,19H,4-11H2,1-3H3. The van der Waals surface area contributed by atoms with Gasteiger partial charge in [0.1, 0.15) is 5.69 Å². The molecule has 1 aromatic rings. The Morgan fingerprint density at radius 3 is 2.56 bits per heavy atom. The largest absolute Gasteiger partial charge is 0.465 e. The second-order valence-electron chi connectivity index (χ2n) is 6.84. The maximum Gasteiger partial charge on any atom is 0.339 e. The Bertz CT molecular complexity index is 641. The third-order valence-corrected chi connectivity index (χ3v) is 5.19. The van der Waals surface area contributed by atoms with Crippen molar-refractivity contribution in [2.24, 2.45) is 0 Å². The molecule has 3 rings (SSSR count). The number of hydrogen-bond acceptors (Lipinski definition) is 5. The summed E-state index contributed by atoms with van der Waals surface area (Å²) in [5, 5.41) is 0. The minimum absolute atomic E-state index is 0.0486. The molecule has 2 aliphatic heterocycles. The first-order chi connectivity index (χ1) is 12.0. The van der Waals surface area contributed by atoms with Gasteiger partial charge in [-0.3, -0.25) is 9.69 Å². The molecule has 1 aromatic heterocycles. The molecule has 1 unspecified atom stereocenters. The van der Waals surface area contributed by atoms with Crippen molar-refractivity contribution in [2.45, 2.75) is 32.8 Å². The van der Waals surface area contributed by atoms with Gasteiger partial charge < -0.3 is 19.4 Å². The molecular weight excluding hydrogens is 322 g/mol. The van der Waals surface area contributed by atoms with Gasteiger partial charge >= 0.3 is 5.97 Å². The van der Waals surface area contributed by atoms with E-state index in [-0.39, 0.29) is 5.91 Å². The molecule has 1 atom stereocenters. The van der Waals surface area contributed by atoms with Gasteiger partial charge in [0.2, 0.25) is 0 Å². The predicted molar refractivity (Wildman–Crippen MR) is 92.9 cm³/mol. The number of aromatic amines is 1. The predicted octanol–water partition coefficient (Wildman–Crippen LogP) is 1.35. The Labute approximate surface area is 148 Å². The van der Waals surface area contributed by atoms with Crippen molar-refractivity contribution in [2.75, 3.05) is 46.4 Å². The van der Waals surface area contributed by atoms with Crippen LogP contribution in [-0.2, 0) is 9.47 Å². The molecule has 0 spiro atoms. The van der Waals surface area contributed by atoms with E-state index in [1.165, 1.54) is 7.11 Å². The molecule has 0 saturated carbocycles. The molecule has 0 bridgehead atoms. The number of rotatable bonds is 4. The molecule has 0 aliphatic carbocycles. The van der Waals surface area contributed by atoms with Crippen molar-refractivity contribution in [3.63, 3.8) is 0 Å². The average molecular weight is 349 g/mol. The topological polar surface area (TPSA) is 74.9 Å². The monoisotopic (exact) mass is 349 g/mol. The summed E-state index contributed by atoms with van der Waals surface area (Å²) in [4.78, 5) is 32.0. The lowest BCUT2D eigenvalue weighted by Gasteiger charge is -2.35. The molecule has 7 heteroatoms. The van der Waals surface area contributed by atoms with Gasteiger partial charge in [0, 0.05) is 45.0 Å². The van der Waals surface area contributed by atoms with E-state index in [0.717, 1.165) is 39.1 Å². The van der Waals surface area contributed by atoms with Crippen LogP contribution in [0.2, 0.25) is 0 Å². The van der Waals surface area contributed by atoms with Crippen LogP contribution in [0.3, 0.4) is 0 Å². The number of methoxy groups -OCH3 is 1. The molecule has 25 heavy (non-hydrogen) atoms. The summed E-state index contributed by atoms with van der Waals surface area (Å²) >= 11 is 0. The lowest BCUT2D eigenvalue weighted by Crippen LogP contribution is -2.50. The highest BCUT2D eigenvalue weighted by Crippen LogP contribution is 2.21. The number of amides is 1. The Hall–Kier alpha value is -1.86. The fourth-order valence-corrected chi connectivity index (χ4v) is 3.74. The van der Waals surface area contributed by atoms with Crippen LogP contribution >= 0.6 is 0 Å². The molecule has 0 radical (unpaired) electrons. The smallest absolute Gasteiger partial charge is 0.339 e. The molecule has 2 fully saturated rings. The summed E-state index contributed by atoms with van der Waals surface area (Å²) in [6.07, 6.45) is 2.63. The fourth-order valence-electron chi connectivity index (χ4n) is 3.74. The Kier molecular flexibility index (Phi) is 5.44. The summed E-state index contributed by atoms with van der Waals surface area (Å²) < 4.78 is 10.5. The molecular formula is C18H27N3O4. The van der Waals surface area contributed by atoms with Crippen LogP contribution < -0.4 is 0 Å². The summed E-state index contributed by atoms with van der Waals surface area (Å²) in [6, 6.07) is 0. The molecule has 3 heterocycles. The Balaban J connectivity index is 1.62. The fraction of sp³-hybridized carbons (Fsp3) is 0.667. The van der Waals surface area contributed by atoms with E-state index in [2.05, 4.69) is 9.88 Å². The summed E-state index contributed by atoms with van der Waals surface area (Å²) in [6.45, 7) is 8.49. The number of aromatic nitrogens is 1. The zero-order valence-electron chi connectivity index (χ0n) is 15.3. The highest BCUT2D eigenvalue weighted by atomic mass is 16.5. The first kappa shape index (κ1) is 17.9. The van der Waals surface area contributed by atoms with E-state index in [1.54, 1.807) is 13.8 Å². The van der Waals surface area contributed by atoms with Gasteiger partial charge in [-0.15, -0.1) is 0 Å². The lowest BCUT2D eigenvalue weighted by atomic mass is 10.1. The maximum atomic E-state index is 12.8. The van der Waals surface area contributed by atoms with Gasteiger partial charge in [-0.25, -0.2) is 4.79 Å². The number of aryl methyl sites for hydroxylation is 1. The Morgan fingerprint density at radius 2 is 1.96 bits per heavy atom. The third kappa shape index (κ3) is 3.72. The van der Waals surface area contributed by atoms with Crippen molar-refractivity contribution in [1.29, 1.82) is 0 Å². The number of nitrogens with one attached hydrogen (secondary N) is 1. The third-order valence-electron chi connectivity index (χ3n) is 5.19. The maximum absolute atomic E-state index is 12.8. The van der Waals surface area contributed by atoms with E-state index < -0.39 is 5.97 Å². The van der Waals surface area contributed by atoms with Crippen LogP contribution in [0.15, 0.2) is 0 Å². The van der Waals surface area contributed by atoms with E-state index >= 15 is 0 Å². The second-order valence-corrected chi connectivity index (χ2v) is 6.84. The van der Waals surface area contributed by atoms with Crippen LogP contribution in [0.5, 0.6) is 0 Å². The van der Waals surface area contributed by atoms with Gasteiger partial charge in [-0.1, -0.05) is 0 Å². The van der Waals surface area contributed by atoms with Crippen LogP contribution in [0.4, 0.5) is 0 Å². The van der Waals surface area contributed by atoms with Gasteiger partial charge in [-0.05, 0) is 32.3 Å². The molecule has 138 valence electrons. The van der Waals surface area contributed by atoms with Crippen LogP contribution in [0.25, 0.3) is 0 Å². The van der Waals surface area contributed by atoms with Gasteiger partial charge in [0.05, 0.1) is 18.8 Å². The van der Waals surface area contributed by atoms with E-state index in [0.29, 0.717) is 41.7 Å². The molecule has 2 saturated heterocycles. The average Bonchev–Trinajstić information content (AvgIpc) is 3.22. The summed E-state index contributed by atoms with van der Waals surface area (Å²) in [7, 11) is 1.35. The van der Waals surface area contributed by atoms with Crippen molar-refractivity contribution in [1.82, 2.24) is 14.8 Å². The number of carbonyl (C=O) groups is 2. The summed E-state index contributed by atoms with van der Waals surface area (Å²) in [5.41, 5.74) is 2.29. The van der Waals surface area contributed by atoms with E-state index in [9.17, 15) is 9.59 Å². The van der Waals surface area contributed by atoms with Crippen LogP contribution in [-0.4, -0.2) is 79.2 Å². The summed E-state index contributed by atoms with van der Waals surface area (Å²) in [5.74, 6) is -0.459. The molecule has 7 nitrogen and oxygen atoms in total. The number of piperazine rings is 1. The number of carbonyl (C=O) groups excluding carboxylic acids is 2. The number of hydrogen-bond donors (Lipinski definition) is 1. The molecule has 2 aliphatic rings. The van der Waals surface area contributed by atoms with Crippen molar-refractivity contribution in [3.8, 4) is 0 Å². The number of nitrogens with zero attached hydrogens (tertiary/aromatic N) is 2. The first-order valence-electron chi connectivity index (χ1n) is 8.92. The van der Waals surface area contributed by atoms with Crippen molar-refractivity contribution in [3.05, 3.63) is 22.5 Å². The lowest BCUT2D eigenvalue weighted by molar-refractivity contribution is 0.0429. The van der Waals surface area contributed by atoms with Gasteiger partial charge in [0.15, 0.2) is 0 Å². The zero-order chi connectivity index (χ0) is 18.0. The van der Waals surface area contributed by atoms with Crippen molar-refractivity contribution < 1.29 is 19.1 Å². The Morgan fingerprint density at radius 1 is 1.24 bits per heavy atom. The van der Waals surface area contributed by atoms with Crippen molar-refractivity contribution >= 4 is 11.9 Å². The van der Waals surface area contributed by atoms with Crippen LogP contribution in [0, 0.1) is 13.8 Å². The highest BCUT2D eigenvalue weighted by molar-refractivity contribution is 6.00. The van der Waals surface area contributed by atoms with E-state index in [1.807, 2.05) is 4.90 Å². The minimum Gasteiger partial charge on any atom is -0.465 e. The second kappa shape index (κ2) is 7.58. The minimum atomic E-state index is -0.410. The number of esters is 1. The van der Waals surface area contributed by atoms with E-state index in [4.69, 9.17) is 9.47 Å². The van der Waals surface area contributed by atoms with Gasteiger partial charge in [0.25, 0.3) is 5.91 Å². The van der Waals surface area contributed by atoms with Crippen LogP contribution in [0.1, 0.15) is 44.9 Å². The molecule has 1 amide bonds. The highest BCUT2D eigenvalue weighted by Gasteiger charge is 2.29. The normalized spacial score (nSPS) is 21.6. The number of H-pyrrole nitrogens is 1. The zero-order valence-corrected chi connectivity index (χ0v) is 15.3. The molecule has 1 N–H and O–H groups in total. The molecule has 0 aromatic carbocycles. The van der Waals surface area contributed by atoms with Gasteiger partial charge in [-0.2, -0.15) is 0 Å².